The highest BCUT2D eigenvalue weighted by molar-refractivity contribution is 7.16. The van der Waals surface area contributed by atoms with Crippen LogP contribution >= 0.6 is 11.3 Å². The fourth-order valence-electron chi connectivity index (χ4n) is 3.63. The van der Waals surface area contributed by atoms with Gasteiger partial charge in [0.1, 0.15) is 16.8 Å². The van der Waals surface area contributed by atoms with Crippen molar-refractivity contribution in [2.75, 3.05) is 6.61 Å². The Kier molecular flexibility index (Phi) is 5.22. The van der Waals surface area contributed by atoms with Crippen molar-refractivity contribution in [3.05, 3.63) is 58.0 Å². The Morgan fingerprint density at radius 2 is 2.04 bits per heavy atom. The number of aryl methyl sites for hydroxylation is 1. The molecule has 1 aliphatic rings. The van der Waals surface area contributed by atoms with Gasteiger partial charge in [-0.2, -0.15) is 5.26 Å². The molecule has 0 saturated heterocycles. The first-order chi connectivity index (χ1) is 13.3. The van der Waals surface area contributed by atoms with E-state index in [1.54, 1.807) is 11.3 Å². The third kappa shape index (κ3) is 3.48. The summed E-state index contributed by atoms with van der Waals surface area (Å²) in [6, 6.07) is 14.8. The van der Waals surface area contributed by atoms with Gasteiger partial charge >= 0.3 is 0 Å². The fourth-order valence-corrected chi connectivity index (χ4v) is 4.81. The molecule has 136 valence electrons. The van der Waals surface area contributed by atoms with Gasteiger partial charge in [-0.25, -0.2) is 4.99 Å². The Hall–Kier alpha value is -2.64. The number of aliphatic imine (C=N–C) groups is 1. The number of rotatable bonds is 5. The second-order valence-corrected chi connectivity index (χ2v) is 7.89. The lowest BCUT2D eigenvalue weighted by Gasteiger charge is -2.11. The lowest BCUT2D eigenvalue weighted by Crippen LogP contribution is -1.99. The van der Waals surface area contributed by atoms with Crippen molar-refractivity contribution in [1.29, 1.82) is 5.26 Å². The Morgan fingerprint density at radius 3 is 2.89 bits per heavy atom. The number of hydrogen-bond donors (Lipinski definition) is 0. The van der Waals surface area contributed by atoms with Crippen molar-refractivity contribution < 1.29 is 4.74 Å². The molecule has 0 aliphatic heterocycles. The first-order valence-corrected chi connectivity index (χ1v) is 10.4. The highest BCUT2D eigenvalue weighted by Gasteiger charge is 2.20. The first kappa shape index (κ1) is 17.8. The molecule has 2 aromatic carbocycles. The largest absolute Gasteiger partial charge is 0.493 e. The normalized spacial score (nSPS) is 13.6. The van der Waals surface area contributed by atoms with Crippen molar-refractivity contribution in [2.45, 2.75) is 39.0 Å². The predicted molar refractivity (Wildman–Crippen MR) is 113 cm³/mol. The van der Waals surface area contributed by atoms with Gasteiger partial charge in [-0.3, -0.25) is 0 Å². The number of ether oxygens (including phenoxy) is 1. The van der Waals surface area contributed by atoms with Crippen LogP contribution in [0.25, 0.3) is 10.8 Å². The summed E-state index contributed by atoms with van der Waals surface area (Å²) in [5, 5.41) is 12.8. The molecule has 3 aromatic rings. The molecule has 4 rings (SSSR count). The monoisotopic (exact) mass is 374 g/mol. The van der Waals surface area contributed by atoms with E-state index in [9.17, 15) is 5.26 Å². The summed E-state index contributed by atoms with van der Waals surface area (Å²) in [6.45, 7) is 2.78. The smallest absolute Gasteiger partial charge is 0.134 e. The zero-order valence-corrected chi connectivity index (χ0v) is 16.3. The summed E-state index contributed by atoms with van der Waals surface area (Å²) in [4.78, 5) is 6.10. The molecule has 27 heavy (non-hydrogen) atoms. The van der Waals surface area contributed by atoms with Gasteiger partial charge in [0.15, 0.2) is 0 Å². The van der Waals surface area contributed by atoms with Crippen LogP contribution < -0.4 is 4.74 Å². The van der Waals surface area contributed by atoms with Gasteiger partial charge < -0.3 is 4.74 Å². The maximum Gasteiger partial charge on any atom is 0.134 e. The van der Waals surface area contributed by atoms with Gasteiger partial charge in [0.2, 0.25) is 0 Å². The summed E-state index contributed by atoms with van der Waals surface area (Å²) in [6.07, 6.45) is 7.29. The third-order valence-corrected chi connectivity index (χ3v) is 6.17. The maximum atomic E-state index is 9.66. The Morgan fingerprint density at radius 1 is 1.19 bits per heavy atom. The number of hydrogen-bond acceptors (Lipinski definition) is 4. The van der Waals surface area contributed by atoms with Crippen molar-refractivity contribution in [3.8, 4) is 11.8 Å². The number of fused-ring (bicyclic) bond motifs is 2. The van der Waals surface area contributed by atoms with E-state index in [2.05, 4.69) is 31.2 Å². The molecular formula is C23H22N2OS. The predicted octanol–water partition coefficient (Wildman–Crippen LogP) is 6.19. The molecule has 0 radical (unpaired) electrons. The highest BCUT2D eigenvalue weighted by atomic mass is 32.1. The zero-order chi connectivity index (χ0) is 18.6. The van der Waals surface area contributed by atoms with Gasteiger partial charge in [0, 0.05) is 16.7 Å². The van der Waals surface area contributed by atoms with Crippen LogP contribution in [0.3, 0.4) is 0 Å². The van der Waals surface area contributed by atoms with E-state index < -0.39 is 0 Å². The summed E-state index contributed by atoms with van der Waals surface area (Å²) >= 11 is 1.67. The topological polar surface area (TPSA) is 45.4 Å². The van der Waals surface area contributed by atoms with E-state index in [0.717, 1.165) is 51.9 Å². The van der Waals surface area contributed by atoms with Crippen molar-refractivity contribution in [1.82, 2.24) is 0 Å². The standard InChI is InChI=1S/C23H22N2OS/c1-2-13-26-21-12-11-16-7-3-4-8-17(16)20(21)15-25-23-19(14-24)18-9-5-6-10-22(18)27-23/h3-4,7-8,11-12,15H,2,5-6,9-10,13H2,1H3. The molecule has 1 heterocycles. The lowest BCUT2D eigenvalue weighted by molar-refractivity contribution is 0.317. The molecule has 0 bridgehead atoms. The van der Waals surface area contributed by atoms with Crippen molar-refractivity contribution >= 4 is 33.3 Å². The fraction of sp³-hybridized carbons (Fsp3) is 0.304. The number of nitriles is 1. The molecule has 0 spiro atoms. The highest BCUT2D eigenvalue weighted by Crippen LogP contribution is 2.39. The molecular weight excluding hydrogens is 352 g/mol. The minimum absolute atomic E-state index is 0.677. The van der Waals surface area contributed by atoms with Gasteiger partial charge in [-0.05, 0) is 54.5 Å². The third-order valence-electron chi connectivity index (χ3n) is 4.97. The van der Waals surface area contributed by atoms with E-state index in [4.69, 9.17) is 9.73 Å². The maximum absolute atomic E-state index is 9.66. The van der Waals surface area contributed by atoms with E-state index in [-0.39, 0.29) is 0 Å². The molecule has 0 fully saturated rings. The lowest BCUT2D eigenvalue weighted by atomic mass is 9.96. The van der Waals surface area contributed by atoms with E-state index in [1.807, 2.05) is 24.4 Å². The van der Waals surface area contributed by atoms with Crippen LogP contribution in [-0.4, -0.2) is 12.8 Å². The zero-order valence-electron chi connectivity index (χ0n) is 15.5. The average Bonchev–Trinajstić information content (AvgIpc) is 3.08. The first-order valence-electron chi connectivity index (χ1n) is 9.55. The van der Waals surface area contributed by atoms with E-state index in [0.29, 0.717) is 6.61 Å². The van der Waals surface area contributed by atoms with E-state index in [1.165, 1.54) is 23.3 Å². The quantitative estimate of drug-likeness (QED) is 0.500. The molecule has 0 unspecified atom stereocenters. The summed E-state index contributed by atoms with van der Waals surface area (Å²) in [7, 11) is 0. The average molecular weight is 375 g/mol. The van der Waals surface area contributed by atoms with Gasteiger partial charge in [-0.1, -0.05) is 37.3 Å². The van der Waals surface area contributed by atoms with Crippen LogP contribution in [0.1, 0.15) is 47.8 Å². The molecule has 0 N–H and O–H groups in total. The van der Waals surface area contributed by atoms with Crippen LogP contribution in [0, 0.1) is 11.3 Å². The summed E-state index contributed by atoms with van der Waals surface area (Å²) in [5.74, 6) is 0.846. The number of thiophene rings is 1. The Labute approximate surface area is 163 Å². The molecule has 4 heteroatoms. The molecule has 0 saturated carbocycles. The second-order valence-electron chi connectivity index (χ2n) is 6.81. The minimum atomic E-state index is 0.677. The van der Waals surface area contributed by atoms with Crippen LogP contribution in [0.15, 0.2) is 41.4 Å². The Balaban J connectivity index is 1.79. The SMILES string of the molecule is CCCOc1ccc2ccccc2c1C=Nc1sc2c(c1C#N)CCCC2. The molecule has 1 aliphatic carbocycles. The Bertz CT molecular complexity index is 1040. The molecule has 0 atom stereocenters. The van der Waals surface area contributed by atoms with Crippen LogP contribution in [-0.2, 0) is 12.8 Å². The molecule has 0 amide bonds. The van der Waals surface area contributed by atoms with Crippen LogP contribution in [0.4, 0.5) is 5.00 Å². The number of benzene rings is 2. The van der Waals surface area contributed by atoms with Gasteiger partial charge in [0.05, 0.1) is 12.2 Å². The molecule has 1 aromatic heterocycles. The van der Waals surface area contributed by atoms with Gasteiger partial charge in [0.25, 0.3) is 0 Å². The summed E-state index contributed by atoms with van der Waals surface area (Å²) in [5.41, 5.74) is 2.97. The minimum Gasteiger partial charge on any atom is -0.493 e. The van der Waals surface area contributed by atoms with Crippen molar-refractivity contribution in [3.63, 3.8) is 0 Å². The van der Waals surface area contributed by atoms with Crippen LogP contribution in [0.5, 0.6) is 5.75 Å². The van der Waals surface area contributed by atoms with Crippen LogP contribution in [0.2, 0.25) is 0 Å². The number of nitrogens with zero attached hydrogens (tertiary/aromatic N) is 2. The van der Waals surface area contributed by atoms with E-state index >= 15 is 0 Å². The van der Waals surface area contributed by atoms with Gasteiger partial charge in [-0.15, -0.1) is 11.3 Å². The summed E-state index contributed by atoms with van der Waals surface area (Å²) < 4.78 is 5.97. The second kappa shape index (κ2) is 7.94. The molecule has 3 nitrogen and oxygen atoms in total. The van der Waals surface area contributed by atoms with Crippen molar-refractivity contribution in [2.24, 2.45) is 4.99 Å².